The maximum atomic E-state index is 12.9. The summed E-state index contributed by atoms with van der Waals surface area (Å²) in [4.78, 5) is 10.9. The van der Waals surface area contributed by atoms with E-state index >= 15 is 0 Å². The zero-order chi connectivity index (χ0) is 14.0. The summed E-state index contributed by atoms with van der Waals surface area (Å²) in [5, 5.41) is 8.60. The SMILES string of the molecule is Cc1c(C(=O)O)ccc(C(F)F)c1[S@@](=O)C(C)C. The molecular formula is C12H14F2O3S. The average Bonchev–Trinajstić information content (AvgIpc) is 2.26. The molecule has 0 aliphatic rings. The van der Waals surface area contributed by atoms with Crippen LogP contribution < -0.4 is 0 Å². The lowest BCUT2D eigenvalue weighted by Gasteiger charge is -2.15. The number of hydrogen-bond donors (Lipinski definition) is 1. The molecule has 0 radical (unpaired) electrons. The van der Waals surface area contributed by atoms with Gasteiger partial charge in [-0.25, -0.2) is 13.6 Å². The van der Waals surface area contributed by atoms with E-state index in [1.54, 1.807) is 13.8 Å². The maximum Gasteiger partial charge on any atom is 0.335 e. The Balaban J connectivity index is 3.55. The van der Waals surface area contributed by atoms with Crippen LogP contribution in [0.3, 0.4) is 0 Å². The monoisotopic (exact) mass is 276 g/mol. The topological polar surface area (TPSA) is 54.4 Å². The first-order valence-electron chi connectivity index (χ1n) is 5.32. The zero-order valence-corrected chi connectivity index (χ0v) is 11.1. The summed E-state index contributed by atoms with van der Waals surface area (Å²) >= 11 is 0. The van der Waals surface area contributed by atoms with Gasteiger partial charge >= 0.3 is 5.97 Å². The first-order chi connectivity index (χ1) is 8.27. The van der Waals surface area contributed by atoms with Crippen LogP contribution in [0.4, 0.5) is 8.78 Å². The van der Waals surface area contributed by atoms with Crippen molar-refractivity contribution in [2.24, 2.45) is 0 Å². The molecule has 0 heterocycles. The predicted octanol–water partition coefficient (Wildman–Crippen LogP) is 3.15. The second-order valence-electron chi connectivity index (χ2n) is 4.11. The van der Waals surface area contributed by atoms with Gasteiger partial charge in [0.05, 0.1) is 21.3 Å². The lowest BCUT2D eigenvalue weighted by molar-refractivity contribution is 0.0695. The minimum absolute atomic E-state index is 0.0556. The number of hydrogen-bond acceptors (Lipinski definition) is 2. The van der Waals surface area contributed by atoms with E-state index in [1.807, 2.05) is 0 Å². The smallest absolute Gasteiger partial charge is 0.335 e. The van der Waals surface area contributed by atoms with Gasteiger partial charge in [0.2, 0.25) is 0 Å². The third-order valence-corrected chi connectivity index (χ3v) is 4.33. The summed E-state index contributed by atoms with van der Waals surface area (Å²) in [6.07, 6.45) is -2.77. The van der Waals surface area contributed by atoms with Crippen LogP contribution in [0.5, 0.6) is 0 Å². The molecule has 0 aliphatic carbocycles. The Morgan fingerprint density at radius 3 is 2.28 bits per heavy atom. The fourth-order valence-electron chi connectivity index (χ4n) is 1.62. The normalized spacial score (nSPS) is 13.1. The number of aromatic carboxylic acids is 1. The minimum atomic E-state index is -2.77. The Morgan fingerprint density at radius 2 is 1.89 bits per heavy atom. The van der Waals surface area contributed by atoms with Crippen molar-refractivity contribution in [2.75, 3.05) is 0 Å². The summed E-state index contributed by atoms with van der Waals surface area (Å²) < 4.78 is 37.8. The van der Waals surface area contributed by atoms with Gasteiger partial charge in [0.25, 0.3) is 6.43 Å². The molecule has 3 nitrogen and oxygen atoms in total. The Morgan fingerprint density at radius 1 is 1.33 bits per heavy atom. The van der Waals surface area contributed by atoms with Gasteiger partial charge in [-0.05, 0) is 18.6 Å². The Labute approximate surface area is 106 Å². The third kappa shape index (κ3) is 2.75. The fraction of sp³-hybridized carbons (Fsp3) is 0.417. The van der Waals surface area contributed by atoms with E-state index < -0.39 is 23.2 Å². The third-order valence-electron chi connectivity index (χ3n) is 2.53. The Kier molecular flexibility index (Phi) is 4.56. The number of alkyl halides is 2. The van der Waals surface area contributed by atoms with Crippen molar-refractivity contribution in [1.29, 1.82) is 0 Å². The second-order valence-corrected chi connectivity index (χ2v) is 6.05. The van der Waals surface area contributed by atoms with Crippen molar-refractivity contribution >= 4 is 16.8 Å². The highest BCUT2D eigenvalue weighted by molar-refractivity contribution is 7.85. The van der Waals surface area contributed by atoms with Crippen LogP contribution >= 0.6 is 0 Å². The summed E-state index contributed by atoms with van der Waals surface area (Å²) in [5.41, 5.74) is -0.305. The van der Waals surface area contributed by atoms with E-state index in [2.05, 4.69) is 0 Å². The van der Waals surface area contributed by atoms with Crippen molar-refractivity contribution < 1.29 is 22.9 Å². The van der Waals surface area contributed by atoms with Crippen molar-refractivity contribution in [3.8, 4) is 0 Å². The van der Waals surface area contributed by atoms with E-state index in [9.17, 15) is 17.8 Å². The minimum Gasteiger partial charge on any atom is -0.478 e. The van der Waals surface area contributed by atoms with Crippen molar-refractivity contribution in [2.45, 2.75) is 37.3 Å². The number of benzene rings is 1. The van der Waals surface area contributed by atoms with Crippen molar-refractivity contribution in [3.63, 3.8) is 0 Å². The standard InChI is InChI=1S/C12H14F2O3S/c1-6(2)18(17)10-7(3)8(12(15)16)4-5-9(10)11(13)14/h4-6,11H,1-3H3,(H,15,16)/t18-/m0/s1. The zero-order valence-electron chi connectivity index (χ0n) is 10.2. The average molecular weight is 276 g/mol. The molecule has 0 aromatic heterocycles. The number of carboxylic acid groups (broad SMARTS) is 1. The quantitative estimate of drug-likeness (QED) is 0.919. The highest BCUT2D eigenvalue weighted by Crippen LogP contribution is 2.31. The van der Waals surface area contributed by atoms with Crippen LogP contribution in [-0.2, 0) is 10.8 Å². The summed E-state index contributed by atoms with van der Waals surface area (Å²) in [6, 6.07) is 2.16. The van der Waals surface area contributed by atoms with E-state index in [4.69, 9.17) is 5.11 Å². The summed E-state index contributed by atoms with van der Waals surface area (Å²) in [7, 11) is -1.65. The van der Waals surface area contributed by atoms with E-state index in [-0.39, 0.29) is 26.8 Å². The molecule has 18 heavy (non-hydrogen) atoms. The molecule has 100 valence electrons. The molecule has 1 aromatic carbocycles. The molecule has 0 amide bonds. The van der Waals surface area contributed by atoms with Crippen LogP contribution in [0, 0.1) is 6.92 Å². The lowest BCUT2D eigenvalue weighted by atomic mass is 10.1. The molecule has 6 heteroatoms. The van der Waals surface area contributed by atoms with Crippen LogP contribution in [0.15, 0.2) is 17.0 Å². The Hall–Kier alpha value is -1.30. The highest BCUT2D eigenvalue weighted by Gasteiger charge is 2.24. The van der Waals surface area contributed by atoms with Crippen molar-refractivity contribution in [1.82, 2.24) is 0 Å². The van der Waals surface area contributed by atoms with Gasteiger partial charge in [-0.15, -0.1) is 0 Å². The molecule has 1 rings (SSSR count). The van der Waals surface area contributed by atoms with Gasteiger partial charge in [0.15, 0.2) is 0 Å². The van der Waals surface area contributed by atoms with Gasteiger partial charge in [0, 0.05) is 10.8 Å². The first-order valence-corrected chi connectivity index (χ1v) is 6.54. The Bertz CT molecular complexity index is 498. The highest BCUT2D eigenvalue weighted by atomic mass is 32.2. The summed E-state index contributed by atoms with van der Waals surface area (Å²) in [6.45, 7) is 4.68. The molecule has 1 atom stereocenters. The van der Waals surface area contributed by atoms with Gasteiger partial charge < -0.3 is 5.11 Å². The molecule has 1 aromatic rings. The molecular weight excluding hydrogens is 262 g/mol. The lowest BCUT2D eigenvalue weighted by Crippen LogP contribution is -2.13. The number of halogens is 2. The van der Waals surface area contributed by atoms with Crippen LogP contribution in [0.2, 0.25) is 0 Å². The van der Waals surface area contributed by atoms with Gasteiger partial charge in [-0.3, -0.25) is 4.21 Å². The molecule has 0 saturated heterocycles. The molecule has 0 fully saturated rings. The summed E-state index contributed by atoms with van der Waals surface area (Å²) in [5.74, 6) is -1.21. The van der Waals surface area contributed by atoms with Gasteiger partial charge in [-0.1, -0.05) is 19.9 Å². The number of carbonyl (C=O) groups is 1. The fourth-order valence-corrected chi connectivity index (χ4v) is 2.89. The molecule has 0 bridgehead atoms. The largest absolute Gasteiger partial charge is 0.478 e. The number of rotatable bonds is 4. The van der Waals surface area contributed by atoms with E-state index in [0.717, 1.165) is 12.1 Å². The first kappa shape index (κ1) is 14.8. The van der Waals surface area contributed by atoms with Gasteiger partial charge in [0.1, 0.15) is 0 Å². The molecule has 0 saturated carbocycles. The number of carboxylic acids is 1. The van der Waals surface area contributed by atoms with E-state index in [0.29, 0.717) is 0 Å². The molecule has 0 unspecified atom stereocenters. The second kappa shape index (κ2) is 5.56. The predicted molar refractivity (Wildman–Crippen MR) is 64.6 cm³/mol. The van der Waals surface area contributed by atoms with Crippen molar-refractivity contribution in [3.05, 3.63) is 28.8 Å². The molecule has 1 N–H and O–H groups in total. The van der Waals surface area contributed by atoms with Gasteiger partial charge in [-0.2, -0.15) is 0 Å². The van der Waals surface area contributed by atoms with E-state index in [1.165, 1.54) is 6.92 Å². The molecule has 0 aliphatic heterocycles. The van der Waals surface area contributed by atoms with Crippen LogP contribution in [0.25, 0.3) is 0 Å². The van der Waals surface area contributed by atoms with Crippen LogP contribution in [0.1, 0.15) is 41.8 Å². The molecule has 0 spiro atoms. The maximum absolute atomic E-state index is 12.9. The van der Waals surface area contributed by atoms with Crippen LogP contribution in [-0.4, -0.2) is 20.5 Å².